The molecular formula is C11H16N4O2. The summed E-state index contributed by atoms with van der Waals surface area (Å²) < 4.78 is 5.03. The molecule has 92 valence electrons. The van der Waals surface area contributed by atoms with Gasteiger partial charge >= 0.3 is 0 Å². The molecule has 1 rings (SSSR count). The zero-order valence-electron chi connectivity index (χ0n) is 9.64. The van der Waals surface area contributed by atoms with E-state index in [1.807, 2.05) is 24.3 Å². The van der Waals surface area contributed by atoms with Crippen LogP contribution in [0.5, 0.6) is 5.75 Å². The molecule has 0 radical (unpaired) electrons. The van der Waals surface area contributed by atoms with Crippen molar-refractivity contribution in [3.8, 4) is 5.75 Å². The van der Waals surface area contributed by atoms with Crippen molar-refractivity contribution in [2.75, 3.05) is 13.7 Å². The number of nitrogens with zero attached hydrogens (tertiary/aromatic N) is 1. The highest BCUT2D eigenvalue weighted by Gasteiger charge is 2.00. The second kappa shape index (κ2) is 6.37. The molecule has 5 N–H and O–H groups in total. The fourth-order valence-corrected chi connectivity index (χ4v) is 1.16. The standard InChI is InChI=1S/C11H16N4O2/c1-17-9-4-2-8(3-5-9)6-14-10(16)7-15-11(12)13/h2-5H,6-7H2,1H3,(H,14,16)(H4,12,13,15). The number of rotatable bonds is 5. The largest absolute Gasteiger partial charge is 0.497 e. The maximum Gasteiger partial charge on any atom is 0.242 e. The number of carbonyl (C=O) groups excluding carboxylic acids is 1. The van der Waals surface area contributed by atoms with E-state index in [4.69, 9.17) is 16.2 Å². The topological polar surface area (TPSA) is 103 Å². The van der Waals surface area contributed by atoms with Gasteiger partial charge in [-0.05, 0) is 17.7 Å². The van der Waals surface area contributed by atoms with E-state index < -0.39 is 0 Å². The number of guanidine groups is 1. The molecule has 0 unspecified atom stereocenters. The van der Waals surface area contributed by atoms with Crippen molar-refractivity contribution >= 4 is 11.9 Å². The Balaban J connectivity index is 2.39. The molecular weight excluding hydrogens is 220 g/mol. The second-order valence-electron chi connectivity index (χ2n) is 3.37. The predicted molar refractivity (Wildman–Crippen MR) is 65.5 cm³/mol. The third-order valence-corrected chi connectivity index (χ3v) is 2.05. The number of methoxy groups -OCH3 is 1. The first-order valence-electron chi connectivity index (χ1n) is 5.07. The Hall–Kier alpha value is -2.24. The highest BCUT2D eigenvalue weighted by atomic mass is 16.5. The van der Waals surface area contributed by atoms with Gasteiger partial charge in [0.1, 0.15) is 12.3 Å². The highest BCUT2D eigenvalue weighted by molar-refractivity contribution is 5.83. The molecule has 6 nitrogen and oxygen atoms in total. The lowest BCUT2D eigenvalue weighted by molar-refractivity contribution is -0.119. The van der Waals surface area contributed by atoms with E-state index in [2.05, 4.69) is 10.3 Å². The van der Waals surface area contributed by atoms with Crippen LogP contribution in [0, 0.1) is 0 Å². The molecule has 17 heavy (non-hydrogen) atoms. The Morgan fingerprint density at radius 2 is 2.00 bits per heavy atom. The summed E-state index contributed by atoms with van der Waals surface area (Å²) in [4.78, 5) is 14.9. The molecule has 0 saturated heterocycles. The monoisotopic (exact) mass is 236 g/mol. The summed E-state index contributed by atoms with van der Waals surface area (Å²) in [6, 6.07) is 7.41. The number of ether oxygens (including phenoxy) is 1. The minimum Gasteiger partial charge on any atom is -0.497 e. The zero-order chi connectivity index (χ0) is 12.7. The Kier molecular flexibility index (Phi) is 4.80. The summed E-state index contributed by atoms with van der Waals surface area (Å²) in [5, 5.41) is 2.69. The third kappa shape index (κ3) is 4.87. The van der Waals surface area contributed by atoms with E-state index in [0.717, 1.165) is 11.3 Å². The van der Waals surface area contributed by atoms with Crippen LogP contribution in [0.1, 0.15) is 5.56 Å². The lowest BCUT2D eigenvalue weighted by Gasteiger charge is -2.05. The summed E-state index contributed by atoms with van der Waals surface area (Å²) >= 11 is 0. The van der Waals surface area contributed by atoms with Gasteiger partial charge in [-0.2, -0.15) is 0 Å². The Bertz CT molecular complexity index is 396. The van der Waals surface area contributed by atoms with Crippen LogP contribution < -0.4 is 21.5 Å². The third-order valence-electron chi connectivity index (χ3n) is 2.05. The van der Waals surface area contributed by atoms with Crippen molar-refractivity contribution in [3.63, 3.8) is 0 Å². The molecule has 0 aliphatic rings. The van der Waals surface area contributed by atoms with E-state index in [9.17, 15) is 4.79 Å². The number of benzene rings is 1. The van der Waals surface area contributed by atoms with Crippen molar-refractivity contribution in [3.05, 3.63) is 29.8 Å². The van der Waals surface area contributed by atoms with E-state index in [1.165, 1.54) is 0 Å². The van der Waals surface area contributed by atoms with Crippen LogP contribution in [-0.2, 0) is 11.3 Å². The van der Waals surface area contributed by atoms with Crippen LogP contribution in [0.25, 0.3) is 0 Å². The molecule has 1 aromatic carbocycles. The normalized spacial score (nSPS) is 9.47. The van der Waals surface area contributed by atoms with E-state index in [-0.39, 0.29) is 18.4 Å². The highest BCUT2D eigenvalue weighted by Crippen LogP contribution is 2.10. The first-order valence-corrected chi connectivity index (χ1v) is 5.07. The molecule has 0 aromatic heterocycles. The van der Waals surface area contributed by atoms with Crippen molar-refractivity contribution in [2.45, 2.75) is 6.54 Å². The van der Waals surface area contributed by atoms with Crippen molar-refractivity contribution in [1.29, 1.82) is 0 Å². The number of nitrogens with one attached hydrogen (secondary N) is 1. The van der Waals surface area contributed by atoms with Gasteiger partial charge in [-0.15, -0.1) is 0 Å². The Morgan fingerprint density at radius 3 is 2.53 bits per heavy atom. The Labute approximate surface area is 99.7 Å². The zero-order valence-corrected chi connectivity index (χ0v) is 9.64. The summed E-state index contributed by atoms with van der Waals surface area (Å²) in [6.45, 7) is 0.376. The lowest BCUT2D eigenvalue weighted by atomic mass is 10.2. The summed E-state index contributed by atoms with van der Waals surface area (Å²) in [7, 11) is 1.60. The smallest absolute Gasteiger partial charge is 0.242 e. The van der Waals surface area contributed by atoms with E-state index in [0.29, 0.717) is 6.54 Å². The first-order chi connectivity index (χ1) is 8.11. The predicted octanol–water partition coefficient (Wildman–Crippen LogP) is -0.415. The number of hydrogen-bond acceptors (Lipinski definition) is 3. The summed E-state index contributed by atoms with van der Waals surface area (Å²) in [6.07, 6.45) is 0. The molecule has 1 aromatic rings. The summed E-state index contributed by atoms with van der Waals surface area (Å²) in [5.41, 5.74) is 11.2. The number of nitrogens with two attached hydrogens (primary N) is 2. The van der Waals surface area contributed by atoms with Gasteiger partial charge in [-0.1, -0.05) is 12.1 Å². The van der Waals surface area contributed by atoms with Gasteiger partial charge < -0.3 is 21.5 Å². The average molecular weight is 236 g/mol. The van der Waals surface area contributed by atoms with Crippen molar-refractivity contribution in [1.82, 2.24) is 5.32 Å². The molecule has 0 aliphatic carbocycles. The molecule has 1 amide bonds. The van der Waals surface area contributed by atoms with Crippen molar-refractivity contribution in [2.24, 2.45) is 16.5 Å². The van der Waals surface area contributed by atoms with E-state index >= 15 is 0 Å². The molecule has 0 aliphatic heterocycles. The first kappa shape index (κ1) is 12.8. The van der Waals surface area contributed by atoms with Gasteiger partial charge in [0.15, 0.2) is 5.96 Å². The van der Waals surface area contributed by atoms with Gasteiger partial charge in [0.25, 0.3) is 0 Å². The van der Waals surface area contributed by atoms with Crippen LogP contribution >= 0.6 is 0 Å². The number of aliphatic imine (C=N–C) groups is 1. The molecule has 0 saturated carbocycles. The maximum absolute atomic E-state index is 11.3. The lowest BCUT2D eigenvalue weighted by Crippen LogP contribution is -2.29. The molecule has 6 heteroatoms. The fourth-order valence-electron chi connectivity index (χ4n) is 1.16. The van der Waals surface area contributed by atoms with Crippen molar-refractivity contribution < 1.29 is 9.53 Å². The quantitative estimate of drug-likeness (QED) is 0.477. The fraction of sp³-hybridized carbons (Fsp3) is 0.273. The van der Waals surface area contributed by atoms with Gasteiger partial charge in [0.2, 0.25) is 5.91 Å². The SMILES string of the molecule is COc1ccc(CNC(=O)CN=C(N)N)cc1. The number of carbonyl (C=O) groups is 1. The molecule has 0 atom stereocenters. The van der Waals surface area contributed by atoms with Crippen LogP contribution in [0.3, 0.4) is 0 Å². The van der Waals surface area contributed by atoms with Gasteiger partial charge in [-0.25, -0.2) is 4.99 Å². The molecule has 0 fully saturated rings. The molecule has 0 spiro atoms. The summed E-state index contributed by atoms with van der Waals surface area (Å²) in [5.74, 6) is 0.458. The maximum atomic E-state index is 11.3. The number of amides is 1. The van der Waals surface area contributed by atoms with Crippen LogP contribution in [-0.4, -0.2) is 25.5 Å². The minimum atomic E-state index is -0.228. The molecule has 0 heterocycles. The minimum absolute atomic E-state index is 0.0571. The Morgan fingerprint density at radius 1 is 1.35 bits per heavy atom. The van der Waals surface area contributed by atoms with Crippen LogP contribution in [0.15, 0.2) is 29.3 Å². The van der Waals surface area contributed by atoms with Gasteiger partial charge in [-0.3, -0.25) is 4.79 Å². The molecule has 0 bridgehead atoms. The van der Waals surface area contributed by atoms with E-state index in [1.54, 1.807) is 7.11 Å². The second-order valence-corrected chi connectivity index (χ2v) is 3.37. The van der Waals surface area contributed by atoms with Crippen LogP contribution in [0.4, 0.5) is 0 Å². The average Bonchev–Trinajstić information content (AvgIpc) is 2.34. The van der Waals surface area contributed by atoms with Crippen LogP contribution in [0.2, 0.25) is 0 Å². The van der Waals surface area contributed by atoms with Gasteiger partial charge in [0.05, 0.1) is 7.11 Å². The van der Waals surface area contributed by atoms with Gasteiger partial charge in [0, 0.05) is 6.54 Å². The number of hydrogen-bond donors (Lipinski definition) is 3.